The number of aryl methyl sites for hydroxylation is 1. The van der Waals surface area contributed by atoms with E-state index in [-0.39, 0.29) is 31.3 Å². The van der Waals surface area contributed by atoms with E-state index in [4.69, 9.17) is 9.90 Å². The van der Waals surface area contributed by atoms with Crippen molar-refractivity contribution < 1.29 is 34.4 Å². The van der Waals surface area contributed by atoms with E-state index in [0.717, 1.165) is 22.2 Å². The normalized spacial score (nSPS) is 13.1. The second-order valence-corrected chi connectivity index (χ2v) is 17.5. The van der Waals surface area contributed by atoms with Crippen molar-refractivity contribution in [2.75, 3.05) is 0 Å². The molecule has 0 N–H and O–H groups in total. The summed E-state index contributed by atoms with van der Waals surface area (Å²) >= 11 is 0. The van der Waals surface area contributed by atoms with E-state index in [1.165, 1.54) is 17.3 Å². The van der Waals surface area contributed by atoms with Crippen LogP contribution in [-0.4, -0.2) is 18.0 Å². The second kappa shape index (κ2) is 14.3. The molecule has 0 saturated heterocycles. The van der Waals surface area contributed by atoms with E-state index in [0.29, 0.717) is 33.4 Å². The molecule has 0 spiro atoms. The molecule has 0 aliphatic rings. The van der Waals surface area contributed by atoms with Gasteiger partial charge in [-0.05, 0) is 64.2 Å². The molecule has 0 fully saturated rings. The van der Waals surface area contributed by atoms with Gasteiger partial charge in [-0.25, -0.2) is 4.39 Å². The standard InChI is InChI=1S/C27H21FNO.C14H16NSi.Ir/c1-16(2)19-13-14-29-25(15-19)24-6-4-5-22-23-12-11-21(17(3)26(23)30-27(22)24)18-7-9-20(28)10-8-18;1-16(2,3)13-9-10-14(15-11-13)12-7-5-4-6-8-12;/h4-5,7-16H,1-3H3;4-7,9-11H,1-3H3;/q2*-1;/i3D3,16D;;. The van der Waals surface area contributed by atoms with Gasteiger partial charge in [0, 0.05) is 43.4 Å². The zero-order valence-corrected chi connectivity index (χ0v) is 30.3. The predicted molar refractivity (Wildman–Crippen MR) is 191 cm³/mol. The Balaban J connectivity index is 0.000000249. The van der Waals surface area contributed by atoms with Gasteiger partial charge in [-0.2, -0.15) is 0 Å². The summed E-state index contributed by atoms with van der Waals surface area (Å²) in [6.07, 6.45) is 3.67. The van der Waals surface area contributed by atoms with Gasteiger partial charge in [0.05, 0.1) is 13.7 Å². The van der Waals surface area contributed by atoms with Gasteiger partial charge in [0.2, 0.25) is 0 Å². The zero-order chi connectivity index (χ0) is 35.8. The first-order valence-corrected chi connectivity index (χ1v) is 18.7. The van der Waals surface area contributed by atoms with E-state index in [2.05, 4.69) is 53.9 Å². The van der Waals surface area contributed by atoms with Gasteiger partial charge in [-0.3, -0.25) is 0 Å². The fourth-order valence-electron chi connectivity index (χ4n) is 5.29. The van der Waals surface area contributed by atoms with Crippen LogP contribution in [0.2, 0.25) is 19.6 Å². The molecule has 47 heavy (non-hydrogen) atoms. The molecule has 239 valence electrons. The van der Waals surface area contributed by atoms with Crippen LogP contribution >= 0.6 is 0 Å². The minimum absolute atomic E-state index is 0. The first-order valence-electron chi connectivity index (χ1n) is 17.2. The quantitative estimate of drug-likeness (QED) is 0.128. The number of hydrogen-bond acceptors (Lipinski definition) is 3. The Morgan fingerprint density at radius 3 is 2.28 bits per heavy atom. The molecule has 0 atom stereocenters. The zero-order valence-electron chi connectivity index (χ0n) is 30.9. The Kier molecular flexibility index (Phi) is 8.79. The van der Waals surface area contributed by atoms with E-state index in [1.54, 1.807) is 50.4 Å². The number of furan rings is 1. The molecule has 0 aliphatic heterocycles. The molecule has 0 unspecified atom stereocenters. The largest absolute Gasteiger partial charge is 0.500 e. The maximum atomic E-state index is 13.5. The summed E-state index contributed by atoms with van der Waals surface area (Å²) in [4.78, 5) is 8.99. The number of pyridine rings is 2. The summed E-state index contributed by atoms with van der Waals surface area (Å²) in [7, 11) is -1.23. The number of aromatic nitrogens is 2. The number of rotatable bonds is 5. The number of fused-ring (bicyclic) bond motifs is 3. The maximum absolute atomic E-state index is 13.5. The van der Waals surface area contributed by atoms with Crippen LogP contribution in [-0.2, 0) is 20.1 Å². The number of halogens is 1. The maximum Gasteiger partial charge on any atom is 0.124 e. The Hall–Kier alpha value is -4.22. The first kappa shape index (κ1) is 29.0. The third-order valence-corrected chi connectivity index (χ3v) is 9.99. The van der Waals surface area contributed by atoms with Gasteiger partial charge >= 0.3 is 0 Å². The fraction of sp³-hybridized carbons (Fsp3) is 0.171. The third kappa shape index (κ3) is 7.36. The van der Waals surface area contributed by atoms with Crippen LogP contribution in [0.3, 0.4) is 0 Å². The fourth-order valence-corrected chi connectivity index (χ4v) is 6.33. The Morgan fingerprint density at radius 1 is 0.830 bits per heavy atom. The van der Waals surface area contributed by atoms with Crippen LogP contribution in [0.4, 0.5) is 4.39 Å². The monoisotopic (exact) mass is 817 g/mol. The summed E-state index contributed by atoms with van der Waals surface area (Å²) in [5, 5.41) is 2.81. The Morgan fingerprint density at radius 2 is 1.62 bits per heavy atom. The second-order valence-electron chi connectivity index (χ2n) is 12.5. The predicted octanol–water partition coefficient (Wildman–Crippen LogP) is 10.8. The van der Waals surface area contributed by atoms with Crippen molar-refractivity contribution in [1.29, 1.82) is 0 Å². The van der Waals surface area contributed by atoms with Crippen LogP contribution in [0, 0.1) is 24.8 Å². The minimum atomic E-state index is -2.46. The molecule has 4 aromatic carbocycles. The SMILES string of the molecule is C[Si](C)(C)c1ccc(-c2[c-]cccc2)nc1.[2H]C([2H])([2H])c1c(-c2ccc(F)cc2)ccc2c1oc1c(-c3cc(C([2H])(C)C)ccn3)[c-]ccc12.[Ir]. The van der Waals surface area contributed by atoms with Crippen molar-refractivity contribution in [3.05, 3.63) is 139 Å². The summed E-state index contributed by atoms with van der Waals surface area (Å²) in [5.74, 6) is -1.20. The smallest absolute Gasteiger partial charge is 0.124 e. The third-order valence-electron chi connectivity index (χ3n) is 7.96. The molecular weight excluding hydrogens is 776 g/mol. The Labute approximate surface area is 296 Å². The van der Waals surface area contributed by atoms with Crippen LogP contribution in [0.15, 0.2) is 114 Å². The van der Waals surface area contributed by atoms with Crippen molar-refractivity contribution >= 4 is 35.2 Å². The van der Waals surface area contributed by atoms with E-state index >= 15 is 0 Å². The first-order chi connectivity index (χ1) is 23.6. The molecule has 1 radical (unpaired) electrons. The van der Waals surface area contributed by atoms with Crippen LogP contribution in [0.1, 0.15) is 36.4 Å². The van der Waals surface area contributed by atoms with E-state index < -0.39 is 26.6 Å². The molecule has 0 aliphatic carbocycles. The number of benzene rings is 4. The topological polar surface area (TPSA) is 38.9 Å². The van der Waals surface area contributed by atoms with Crippen molar-refractivity contribution in [3.8, 4) is 33.6 Å². The number of hydrogen-bond donors (Lipinski definition) is 0. The Bertz CT molecular complexity index is 2280. The molecule has 0 bridgehead atoms. The molecule has 3 aromatic heterocycles. The van der Waals surface area contributed by atoms with Crippen molar-refractivity contribution in [3.63, 3.8) is 0 Å². The van der Waals surface area contributed by atoms with Gasteiger partial charge in [-0.1, -0.05) is 92.5 Å². The average molecular weight is 817 g/mol. The summed E-state index contributed by atoms with van der Waals surface area (Å²) in [6, 6.07) is 35.2. The van der Waals surface area contributed by atoms with Crippen molar-refractivity contribution in [2.45, 2.75) is 46.2 Å². The van der Waals surface area contributed by atoms with Crippen molar-refractivity contribution in [1.82, 2.24) is 9.97 Å². The molecule has 7 aromatic rings. The van der Waals surface area contributed by atoms with Gasteiger partial charge in [0.25, 0.3) is 0 Å². The van der Waals surface area contributed by atoms with E-state index in [9.17, 15) is 4.39 Å². The van der Waals surface area contributed by atoms with Crippen LogP contribution in [0.25, 0.3) is 55.6 Å². The molecule has 3 nitrogen and oxygen atoms in total. The molecule has 0 amide bonds. The van der Waals surface area contributed by atoms with Crippen LogP contribution in [0.5, 0.6) is 0 Å². The summed E-state index contributed by atoms with van der Waals surface area (Å²) in [6.45, 7) is 8.14. The summed E-state index contributed by atoms with van der Waals surface area (Å²) in [5.41, 5.74) is 5.92. The minimum Gasteiger partial charge on any atom is -0.500 e. The van der Waals surface area contributed by atoms with Gasteiger partial charge in [0.15, 0.2) is 0 Å². The van der Waals surface area contributed by atoms with Gasteiger partial charge in [0.1, 0.15) is 11.4 Å². The molecule has 0 saturated carbocycles. The molecular formula is C41H37FIrN2OSi-2. The average Bonchev–Trinajstić information content (AvgIpc) is 3.46. The number of nitrogens with zero attached hydrogens (tertiary/aromatic N) is 2. The van der Waals surface area contributed by atoms with E-state index in [1.807, 2.05) is 48.7 Å². The van der Waals surface area contributed by atoms with Gasteiger partial charge in [-0.15, -0.1) is 54.1 Å². The van der Waals surface area contributed by atoms with Crippen molar-refractivity contribution in [2.24, 2.45) is 0 Å². The summed E-state index contributed by atoms with van der Waals surface area (Å²) < 4.78 is 52.8. The van der Waals surface area contributed by atoms with Crippen LogP contribution < -0.4 is 5.19 Å². The molecule has 3 heterocycles. The molecule has 6 heteroatoms. The van der Waals surface area contributed by atoms with Gasteiger partial charge < -0.3 is 14.4 Å². The molecule has 7 rings (SSSR count).